The van der Waals surface area contributed by atoms with E-state index in [2.05, 4.69) is 9.88 Å². The zero-order valence-electron chi connectivity index (χ0n) is 8.76. The SMILES string of the molecule is Nc1ccc(N2CCCC(CO)C2)nc1. The third-order valence-electron chi connectivity index (χ3n) is 2.87. The lowest BCUT2D eigenvalue weighted by molar-refractivity contribution is 0.208. The summed E-state index contributed by atoms with van der Waals surface area (Å²) < 4.78 is 0. The van der Waals surface area contributed by atoms with Crippen LogP contribution in [0, 0.1) is 5.92 Å². The smallest absolute Gasteiger partial charge is 0.128 e. The van der Waals surface area contributed by atoms with Gasteiger partial charge in [-0.3, -0.25) is 0 Å². The molecule has 15 heavy (non-hydrogen) atoms. The van der Waals surface area contributed by atoms with Crippen molar-refractivity contribution in [1.29, 1.82) is 0 Å². The molecule has 1 unspecified atom stereocenters. The summed E-state index contributed by atoms with van der Waals surface area (Å²) in [4.78, 5) is 6.50. The van der Waals surface area contributed by atoms with Crippen LogP contribution in [-0.4, -0.2) is 29.8 Å². The van der Waals surface area contributed by atoms with E-state index < -0.39 is 0 Å². The van der Waals surface area contributed by atoms with Gasteiger partial charge in [0.1, 0.15) is 5.82 Å². The average molecular weight is 207 g/mol. The fraction of sp³-hybridized carbons (Fsp3) is 0.545. The molecule has 3 N–H and O–H groups in total. The largest absolute Gasteiger partial charge is 0.397 e. The summed E-state index contributed by atoms with van der Waals surface area (Å²) in [5.74, 6) is 1.35. The summed E-state index contributed by atoms with van der Waals surface area (Å²) >= 11 is 0. The van der Waals surface area contributed by atoms with Gasteiger partial charge >= 0.3 is 0 Å². The van der Waals surface area contributed by atoms with Gasteiger partial charge in [-0.05, 0) is 30.9 Å². The van der Waals surface area contributed by atoms with Crippen LogP contribution in [0.4, 0.5) is 11.5 Å². The number of nitrogens with zero attached hydrogens (tertiary/aromatic N) is 2. The van der Waals surface area contributed by atoms with Crippen LogP contribution in [0.2, 0.25) is 0 Å². The van der Waals surface area contributed by atoms with Gasteiger partial charge in [-0.25, -0.2) is 4.98 Å². The number of hydrogen-bond acceptors (Lipinski definition) is 4. The molecule has 1 aliphatic heterocycles. The highest BCUT2D eigenvalue weighted by atomic mass is 16.3. The molecule has 0 saturated carbocycles. The van der Waals surface area contributed by atoms with E-state index in [1.807, 2.05) is 12.1 Å². The molecule has 0 amide bonds. The van der Waals surface area contributed by atoms with E-state index >= 15 is 0 Å². The Morgan fingerprint density at radius 3 is 3.07 bits per heavy atom. The third-order valence-corrected chi connectivity index (χ3v) is 2.87. The summed E-state index contributed by atoms with van der Waals surface area (Å²) in [5.41, 5.74) is 6.28. The first-order valence-corrected chi connectivity index (χ1v) is 5.37. The van der Waals surface area contributed by atoms with Crippen LogP contribution in [0.3, 0.4) is 0 Å². The van der Waals surface area contributed by atoms with Gasteiger partial charge in [-0.1, -0.05) is 0 Å². The van der Waals surface area contributed by atoms with Crippen LogP contribution in [0.1, 0.15) is 12.8 Å². The van der Waals surface area contributed by atoms with E-state index in [0.29, 0.717) is 11.6 Å². The Bertz CT molecular complexity index is 312. The number of piperidine rings is 1. The molecule has 0 spiro atoms. The molecule has 4 heteroatoms. The molecule has 0 bridgehead atoms. The normalized spacial score (nSPS) is 21.7. The lowest BCUT2D eigenvalue weighted by Crippen LogP contribution is -2.37. The number of pyridine rings is 1. The van der Waals surface area contributed by atoms with Crippen molar-refractivity contribution in [1.82, 2.24) is 4.98 Å². The first-order chi connectivity index (χ1) is 7.29. The molecule has 1 atom stereocenters. The van der Waals surface area contributed by atoms with Crippen LogP contribution >= 0.6 is 0 Å². The first kappa shape index (κ1) is 10.2. The molecule has 0 aromatic carbocycles. The van der Waals surface area contributed by atoms with Crippen LogP contribution in [0.15, 0.2) is 18.3 Å². The van der Waals surface area contributed by atoms with Crippen molar-refractivity contribution in [2.24, 2.45) is 5.92 Å². The molecule has 1 fully saturated rings. The van der Waals surface area contributed by atoms with Crippen molar-refractivity contribution in [3.8, 4) is 0 Å². The summed E-state index contributed by atoms with van der Waals surface area (Å²) in [6.45, 7) is 2.19. The topological polar surface area (TPSA) is 62.4 Å². The number of aliphatic hydroxyl groups is 1. The fourth-order valence-corrected chi connectivity index (χ4v) is 2.01. The minimum Gasteiger partial charge on any atom is -0.397 e. The maximum absolute atomic E-state index is 9.13. The van der Waals surface area contributed by atoms with Gasteiger partial charge in [0.15, 0.2) is 0 Å². The number of aromatic nitrogens is 1. The van der Waals surface area contributed by atoms with Crippen molar-refractivity contribution in [3.05, 3.63) is 18.3 Å². The lowest BCUT2D eigenvalue weighted by atomic mass is 9.99. The van der Waals surface area contributed by atoms with E-state index in [0.717, 1.165) is 31.7 Å². The Kier molecular flexibility index (Phi) is 3.06. The highest BCUT2D eigenvalue weighted by molar-refractivity contribution is 5.45. The van der Waals surface area contributed by atoms with E-state index in [1.54, 1.807) is 6.20 Å². The molecule has 1 aromatic rings. The Hall–Kier alpha value is -1.29. The second-order valence-electron chi connectivity index (χ2n) is 4.09. The molecule has 1 saturated heterocycles. The molecule has 2 heterocycles. The van der Waals surface area contributed by atoms with Gasteiger partial charge in [0, 0.05) is 19.7 Å². The second-order valence-corrected chi connectivity index (χ2v) is 4.09. The average Bonchev–Trinajstić information content (AvgIpc) is 2.30. The van der Waals surface area contributed by atoms with Crippen LogP contribution in [0.5, 0.6) is 0 Å². The summed E-state index contributed by atoms with van der Waals surface area (Å²) in [7, 11) is 0. The number of nitrogen functional groups attached to an aromatic ring is 1. The number of hydrogen-bond donors (Lipinski definition) is 2. The molecule has 1 aliphatic rings. The number of rotatable bonds is 2. The van der Waals surface area contributed by atoms with Crippen LogP contribution < -0.4 is 10.6 Å². The Morgan fingerprint density at radius 1 is 1.53 bits per heavy atom. The lowest BCUT2D eigenvalue weighted by Gasteiger charge is -2.32. The van der Waals surface area contributed by atoms with Crippen molar-refractivity contribution in [3.63, 3.8) is 0 Å². The summed E-state index contributed by atoms with van der Waals surface area (Å²) in [6.07, 6.45) is 3.91. The molecule has 4 nitrogen and oxygen atoms in total. The molecule has 1 aromatic heterocycles. The molecule has 82 valence electrons. The molecule has 2 rings (SSSR count). The zero-order chi connectivity index (χ0) is 10.7. The zero-order valence-corrected chi connectivity index (χ0v) is 8.76. The Morgan fingerprint density at radius 2 is 2.40 bits per heavy atom. The third kappa shape index (κ3) is 2.39. The second kappa shape index (κ2) is 4.49. The minimum absolute atomic E-state index is 0.269. The van der Waals surface area contributed by atoms with E-state index in [1.165, 1.54) is 0 Å². The Balaban J connectivity index is 2.06. The van der Waals surface area contributed by atoms with Gasteiger partial charge < -0.3 is 15.7 Å². The van der Waals surface area contributed by atoms with Crippen molar-refractivity contribution in [2.75, 3.05) is 30.3 Å². The molecule has 0 radical (unpaired) electrons. The van der Waals surface area contributed by atoms with Gasteiger partial charge in [-0.15, -0.1) is 0 Å². The fourth-order valence-electron chi connectivity index (χ4n) is 2.01. The number of anilines is 2. The Labute approximate surface area is 89.7 Å². The van der Waals surface area contributed by atoms with E-state index in [9.17, 15) is 0 Å². The number of nitrogens with two attached hydrogens (primary N) is 1. The van der Waals surface area contributed by atoms with Gasteiger partial charge in [0.05, 0.1) is 11.9 Å². The predicted molar refractivity (Wildman–Crippen MR) is 60.7 cm³/mol. The van der Waals surface area contributed by atoms with Crippen LogP contribution in [-0.2, 0) is 0 Å². The maximum Gasteiger partial charge on any atom is 0.128 e. The standard InChI is InChI=1S/C11H17N3O/c12-10-3-4-11(13-6-10)14-5-1-2-9(7-14)8-15/h3-4,6,9,15H,1-2,5,7-8,12H2. The van der Waals surface area contributed by atoms with Gasteiger partial charge in [0.25, 0.3) is 0 Å². The molecular formula is C11H17N3O. The highest BCUT2D eigenvalue weighted by Gasteiger charge is 2.19. The summed E-state index contributed by atoms with van der Waals surface area (Å²) in [6, 6.07) is 3.81. The quantitative estimate of drug-likeness (QED) is 0.755. The monoisotopic (exact) mass is 207 g/mol. The molecule has 0 aliphatic carbocycles. The summed E-state index contributed by atoms with van der Waals surface area (Å²) in [5, 5.41) is 9.13. The number of aliphatic hydroxyl groups excluding tert-OH is 1. The van der Waals surface area contributed by atoms with Gasteiger partial charge in [-0.2, -0.15) is 0 Å². The van der Waals surface area contributed by atoms with Crippen molar-refractivity contribution < 1.29 is 5.11 Å². The van der Waals surface area contributed by atoms with Crippen LogP contribution in [0.25, 0.3) is 0 Å². The predicted octanol–water partition coefficient (Wildman–Crippen LogP) is 0.872. The minimum atomic E-state index is 0.269. The first-order valence-electron chi connectivity index (χ1n) is 5.37. The van der Waals surface area contributed by atoms with E-state index in [4.69, 9.17) is 10.8 Å². The van der Waals surface area contributed by atoms with Crippen molar-refractivity contribution in [2.45, 2.75) is 12.8 Å². The molecular weight excluding hydrogens is 190 g/mol. The van der Waals surface area contributed by atoms with Crippen molar-refractivity contribution >= 4 is 11.5 Å². The maximum atomic E-state index is 9.13. The van der Waals surface area contributed by atoms with Gasteiger partial charge in [0.2, 0.25) is 0 Å². The highest BCUT2D eigenvalue weighted by Crippen LogP contribution is 2.21. The van der Waals surface area contributed by atoms with E-state index in [-0.39, 0.29) is 6.61 Å².